The van der Waals surface area contributed by atoms with E-state index in [0.29, 0.717) is 13.0 Å². The first-order valence-corrected chi connectivity index (χ1v) is 10.1. The molecule has 0 amide bonds. The van der Waals surface area contributed by atoms with Gasteiger partial charge in [0.2, 0.25) is 0 Å². The Morgan fingerprint density at radius 2 is 1.83 bits per heavy atom. The highest BCUT2D eigenvalue weighted by Gasteiger charge is 2.40. The van der Waals surface area contributed by atoms with Crippen molar-refractivity contribution in [3.05, 3.63) is 65.7 Å². The molecule has 1 aliphatic rings. The van der Waals surface area contributed by atoms with E-state index >= 15 is 0 Å². The van der Waals surface area contributed by atoms with Crippen molar-refractivity contribution in [2.45, 2.75) is 64.3 Å². The minimum absolute atomic E-state index is 0.119. The zero-order valence-electron chi connectivity index (χ0n) is 17.1. The van der Waals surface area contributed by atoms with Gasteiger partial charge in [0.05, 0.1) is 6.42 Å². The van der Waals surface area contributed by atoms with Crippen LogP contribution in [0.1, 0.15) is 50.7 Å². The Morgan fingerprint density at radius 3 is 2.52 bits per heavy atom. The van der Waals surface area contributed by atoms with Crippen molar-refractivity contribution in [3.8, 4) is 5.75 Å². The molecule has 0 aliphatic carbocycles. The highest BCUT2D eigenvalue weighted by molar-refractivity contribution is 5.73. The molecule has 5 heteroatoms. The number of hydrogen-bond acceptors (Lipinski definition) is 5. The van der Waals surface area contributed by atoms with Gasteiger partial charge in [-0.25, -0.2) is 0 Å². The normalized spacial score (nSPS) is 21.3. The van der Waals surface area contributed by atoms with E-state index in [1.54, 1.807) is 6.92 Å². The standard InChI is InChI=1S/C24H28O5/c1-18(25)29-24(2)15-22(28-23(26)16-24)10-6-9-19-11-13-21(14-12-19)27-17-20-7-4-3-5-8-20/h3-5,7-8,11-14,22H,6,9-10,15-17H2,1-2H3. The number of benzene rings is 2. The van der Waals surface area contributed by atoms with Crippen LogP contribution in [0, 0.1) is 0 Å². The van der Waals surface area contributed by atoms with Gasteiger partial charge in [-0.3, -0.25) is 9.59 Å². The minimum atomic E-state index is -0.760. The molecule has 0 bridgehead atoms. The fourth-order valence-electron chi connectivity index (χ4n) is 3.74. The molecule has 1 aliphatic heterocycles. The van der Waals surface area contributed by atoms with Crippen molar-refractivity contribution < 1.29 is 23.8 Å². The quantitative estimate of drug-likeness (QED) is 0.610. The maximum Gasteiger partial charge on any atom is 0.310 e. The topological polar surface area (TPSA) is 61.8 Å². The number of rotatable bonds is 8. The molecule has 0 aromatic heterocycles. The molecule has 154 valence electrons. The fourth-order valence-corrected chi connectivity index (χ4v) is 3.74. The van der Waals surface area contributed by atoms with Crippen LogP contribution >= 0.6 is 0 Å². The van der Waals surface area contributed by atoms with Crippen molar-refractivity contribution in [1.29, 1.82) is 0 Å². The number of ether oxygens (including phenoxy) is 3. The van der Waals surface area contributed by atoms with Gasteiger partial charge in [0.25, 0.3) is 0 Å². The van der Waals surface area contributed by atoms with Gasteiger partial charge in [0.15, 0.2) is 0 Å². The third-order valence-electron chi connectivity index (χ3n) is 5.03. The van der Waals surface area contributed by atoms with Gasteiger partial charge in [0.1, 0.15) is 24.1 Å². The lowest BCUT2D eigenvalue weighted by atomic mass is 9.89. The summed E-state index contributed by atoms with van der Waals surface area (Å²) >= 11 is 0. The summed E-state index contributed by atoms with van der Waals surface area (Å²) in [5, 5.41) is 0. The Labute approximate surface area is 172 Å². The van der Waals surface area contributed by atoms with Crippen LogP contribution in [0.5, 0.6) is 5.75 Å². The smallest absolute Gasteiger partial charge is 0.310 e. The summed E-state index contributed by atoms with van der Waals surface area (Å²) in [6.07, 6.45) is 2.97. The number of aryl methyl sites for hydroxylation is 1. The highest BCUT2D eigenvalue weighted by atomic mass is 16.6. The van der Waals surface area contributed by atoms with Crippen LogP contribution < -0.4 is 4.74 Å². The van der Waals surface area contributed by atoms with Gasteiger partial charge in [-0.2, -0.15) is 0 Å². The van der Waals surface area contributed by atoms with E-state index in [2.05, 4.69) is 12.1 Å². The highest BCUT2D eigenvalue weighted by Crippen LogP contribution is 2.31. The Bertz CT molecular complexity index is 811. The maximum atomic E-state index is 11.9. The van der Waals surface area contributed by atoms with E-state index in [1.807, 2.05) is 42.5 Å². The third kappa shape index (κ3) is 6.63. The maximum absolute atomic E-state index is 11.9. The van der Waals surface area contributed by atoms with Crippen molar-refractivity contribution in [2.24, 2.45) is 0 Å². The monoisotopic (exact) mass is 396 g/mol. The van der Waals surface area contributed by atoms with Gasteiger partial charge in [-0.15, -0.1) is 0 Å². The molecule has 1 saturated heterocycles. The summed E-state index contributed by atoms with van der Waals surface area (Å²) < 4.78 is 16.6. The molecule has 2 unspecified atom stereocenters. The van der Waals surface area contributed by atoms with Crippen LogP contribution in [-0.4, -0.2) is 23.6 Å². The number of hydrogen-bond donors (Lipinski definition) is 0. The Balaban J connectivity index is 1.44. The summed E-state index contributed by atoms with van der Waals surface area (Å²) in [4.78, 5) is 23.2. The SMILES string of the molecule is CC(=O)OC1(C)CC(=O)OC(CCCc2ccc(OCc3ccccc3)cc2)C1. The Kier molecular flexibility index (Phi) is 6.91. The van der Waals surface area contributed by atoms with E-state index in [-0.39, 0.29) is 24.5 Å². The number of carbonyl (C=O) groups is 2. The van der Waals surface area contributed by atoms with Crippen LogP contribution in [0.4, 0.5) is 0 Å². The summed E-state index contributed by atoms with van der Waals surface area (Å²) in [6, 6.07) is 18.2. The molecule has 2 atom stereocenters. The number of esters is 2. The summed E-state index contributed by atoms with van der Waals surface area (Å²) in [5.41, 5.74) is 1.59. The van der Waals surface area contributed by atoms with E-state index in [1.165, 1.54) is 12.5 Å². The first-order chi connectivity index (χ1) is 13.9. The molecule has 1 heterocycles. The molecule has 0 saturated carbocycles. The molecule has 29 heavy (non-hydrogen) atoms. The lowest BCUT2D eigenvalue weighted by Gasteiger charge is -2.36. The molecule has 0 radical (unpaired) electrons. The average molecular weight is 396 g/mol. The van der Waals surface area contributed by atoms with Crippen molar-refractivity contribution in [1.82, 2.24) is 0 Å². The summed E-state index contributed by atoms with van der Waals surface area (Å²) in [7, 11) is 0. The molecule has 1 fully saturated rings. The van der Waals surface area contributed by atoms with Gasteiger partial charge in [-0.1, -0.05) is 42.5 Å². The lowest BCUT2D eigenvalue weighted by Crippen LogP contribution is -2.44. The zero-order valence-corrected chi connectivity index (χ0v) is 17.1. The molecule has 0 spiro atoms. The molecule has 2 aromatic rings. The van der Waals surface area contributed by atoms with Crippen molar-refractivity contribution in [3.63, 3.8) is 0 Å². The minimum Gasteiger partial charge on any atom is -0.489 e. The molecular weight excluding hydrogens is 368 g/mol. The molecule has 5 nitrogen and oxygen atoms in total. The molecular formula is C24H28O5. The first-order valence-electron chi connectivity index (χ1n) is 10.1. The second-order valence-electron chi connectivity index (χ2n) is 7.85. The largest absolute Gasteiger partial charge is 0.489 e. The number of carbonyl (C=O) groups excluding carboxylic acids is 2. The van der Waals surface area contributed by atoms with Crippen LogP contribution in [0.3, 0.4) is 0 Å². The Morgan fingerprint density at radius 1 is 1.10 bits per heavy atom. The van der Waals surface area contributed by atoms with E-state index in [4.69, 9.17) is 14.2 Å². The summed E-state index contributed by atoms with van der Waals surface area (Å²) in [5.74, 6) is 0.177. The van der Waals surface area contributed by atoms with Crippen LogP contribution in [0.25, 0.3) is 0 Å². The second kappa shape index (κ2) is 9.59. The predicted octanol–water partition coefficient (Wildman–Crippen LogP) is 4.62. The van der Waals surface area contributed by atoms with Gasteiger partial charge in [0, 0.05) is 13.3 Å². The van der Waals surface area contributed by atoms with Crippen molar-refractivity contribution >= 4 is 11.9 Å². The lowest BCUT2D eigenvalue weighted by molar-refractivity contribution is -0.181. The van der Waals surface area contributed by atoms with Crippen molar-refractivity contribution in [2.75, 3.05) is 0 Å². The molecule has 2 aromatic carbocycles. The molecule has 3 rings (SSSR count). The number of cyclic esters (lactones) is 1. The Hall–Kier alpha value is -2.82. The zero-order chi connectivity index (χ0) is 20.7. The second-order valence-corrected chi connectivity index (χ2v) is 7.85. The van der Waals surface area contributed by atoms with E-state index < -0.39 is 5.60 Å². The predicted molar refractivity (Wildman–Crippen MR) is 109 cm³/mol. The summed E-state index contributed by atoms with van der Waals surface area (Å²) in [6.45, 7) is 3.72. The van der Waals surface area contributed by atoms with Crippen LogP contribution in [0.15, 0.2) is 54.6 Å². The first kappa shape index (κ1) is 20.9. The average Bonchev–Trinajstić information content (AvgIpc) is 2.66. The fraction of sp³-hybridized carbons (Fsp3) is 0.417. The van der Waals surface area contributed by atoms with Gasteiger partial charge >= 0.3 is 11.9 Å². The third-order valence-corrected chi connectivity index (χ3v) is 5.03. The van der Waals surface area contributed by atoms with Crippen LogP contribution in [-0.2, 0) is 32.1 Å². The van der Waals surface area contributed by atoms with E-state index in [0.717, 1.165) is 30.6 Å². The molecule has 0 N–H and O–H groups in total. The van der Waals surface area contributed by atoms with Gasteiger partial charge < -0.3 is 14.2 Å². The van der Waals surface area contributed by atoms with Gasteiger partial charge in [-0.05, 0) is 49.4 Å². The van der Waals surface area contributed by atoms with Crippen LogP contribution in [0.2, 0.25) is 0 Å². The van der Waals surface area contributed by atoms with E-state index in [9.17, 15) is 9.59 Å².